The van der Waals surface area contributed by atoms with Gasteiger partial charge in [-0.25, -0.2) is 4.79 Å². The zero-order valence-electron chi connectivity index (χ0n) is 10.5. The van der Waals surface area contributed by atoms with Crippen molar-refractivity contribution in [3.05, 3.63) is 65.7 Å². The van der Waals surface area contributed by atoms with Crippen molar-refractivity contribution in [2.45, 2.75) is 6.04 Å². The molecule has 0 saturated carbocycles. The minimum Gasteiger partial charge on any atom is -0.478 e. The molecule has 0 aliphatic heterocycles. The molecular weight excluding hydrogens is 257 g/mol. The average molecular weight is 269 g/mol. The van der Waals surface area contributed by atoms with Crippen LogP contribution >= 0.6 is 0 Å². The zero-order chi connectivity index (χ0) is 14.4. The van der Waals surface area contributed by atoms with E-state index in [0.29, 0.717) is 5.69 Å². The smallest absolute Gasteiger partial charge is 0.335 e. The quantitative estimate of drug-likeness (QED) is 0.835. The maximum atomic E-state index is 12.3. The molecule has 2 rings (SSSR count). The van der Waals surface area contributed by atoms with Gasteiger partial charge in [0.1, 0.15) is 12.2 Å². The molecule has 4 heteroatoms. The third-order valence-corrected chi connectivity index (χ3v) is 2.77. The Morgan fingerprint density at radius 1 is 1.10 bits per heavy atom. The van der Waals surface area contributed by atoms with Crippen LogP contribution in [0.15, 0.2) is 54.6 Å². The standard InChI is InChI=1S/C16H12FNO2/c17-11-10-15(12-4-2-1-3-5-12)18-14-8-6-13(7-9-14)16(19)20/h1-9,15,18H,(H,19,20). The lowest BCUT2D eigenvalue weighted by molar-refractivity contribution is 0.0697. The van der Waals surface area contributed by atoms with Crippen molar-refractivity contribution in [1.29, 1.82) is 0 Å². The number of hydrogen-bond donors (Lipinski definition) is 2. The summed E-state index contributed by atoms with van der Waals surface area (Å²) in [4.78, 5) is 10.8. The van der Waals surface area contributed by atoms with Gasteiger partial charge >= 0.3 is 5.97 Å². The van der Waals surface area contributed by atoms with Crippen molar-refractivity contribution in [3.8, 4) is 12.1 Å². The number of benzene rings is 2. The van der Waals surface area contributed by atoms with E-state index in [2.05, 4.69) is 11.2 Å². The monoisotopic (exact) mass is 269 g/mol. The molecule has 3 nitrogen and oxygen atoms in total. The first-order chi connectivity index (χ1) is 9.70. The van der Waals surface area contributed by atoms with Crippen LogP contribution in [0.3, 0.4) is 0 Å². The molecule has 0 aliphatic rings. The summed E-state index contributed by atoms with van der Waals surface area (Å²) in [7, 11) is 0. The first kappa shape index (κ1) is 13.6. The van der Waals surface area contributed by atoms with Gasteiger partial charge in [-0.3, -0.25) is 0 Å². The second-order valence-corrected chi connectivity index (χ2v) is 4.11. The molecule has 1 atom stereocenters. The van der Waals surface area contributed by atoms with Crippen molar-refractivity contribution < 1.29 is 14.3 Å². The summed E-state index contributed by atoms with van der Waals surface area (Å²) in [6.45, 7) is 0. The summed E-state index contributed by atoms with van der Waals surface area (Å²) in [6, 6.07) is 15.0. The molecule has 0 radical (unpaired) electrons. The van der Waals surface area contributed by atoms with Gasteiger partial charge in [-0.1, -0.05) is 30.3 Å². The van der Waals surface area contributed by atoms with Gasteiger partial charge in [0.15, 0.2) is 0 Å². The maximum Gasteiger partial charge on any atom is 0.335 e. The lowest BCUT2D eigenvalue weighted by Crippen LogP contribution is -2.08. The first-order valence-electron chi connectivity index (χ1n) is 5.96. The second-order valence-electron chi connectivity index (χ2n) is 4.11. The SMILES string of the molecule is O=C(O)c1ccc(NC(C#CF)c2ccccc2)cc1. The van der Waals surface area contributed by atoms with Crippen LogP contribution in [0, 0.1) is 12.1 Å². The number of hydrogen-bond acceptors (Lipinski definition) is 2. The summed E-state index contributed by atoms with van der Waals surface area (Å²) >= 11 is 0. The minimum absolute atomic E-state index is 0.198. The van der Waals surface area contributed by atoms with Crippen LogP contribution in [0.5, 0.6) is 0 Å². The van der Waals surface area contributed by atoms with E-state index in [1.54, 1.807) is 12.1 Å². The zero-order valence-corrected chi connectivity index (χ0v) is 10.5. The molecular formula is C16H12FNO2. The molecule has 0 fully saturated rings. The van der Waals surface area contributed by atoms with Gasteiger partial charge in [0.25, 0.3) is 0 Å². The molecule has 0 amide bonds. The molecule has 2 aromatic carbocycles. The number of carbonyl (C=O) groups is 1. The lowest BCUT2D eigenvalue weighted by atomic mass is 10.1. The van der Waals surface area contributed by atoms with Crippen LogP contribution in [-0.2, 0) is 0 Å². The molecule has 0 heterocycles. The Balaban J connectivity index is 2.20. The molecule has 0 aliphatic carbocycles. The van der Waals surface area contributed by atoms with Gasteiger partial charge in [0.05, 0.1) is 5.56 Å². The molecule has 100 valence electrons. The fourth-order valence-corrected chi connectivity index (χ4v) is 1.78. The lowest BCUT2D eigenvalue weighted by Gasteiger charge is -2.14. The van der Waals surface area contributed by atoms with E-state index in [4.69, 9.17) is 5.11 Å². The second kappa shape index (κ2) is 6.39. The summed E-state index contributed by atoms with van der Waals surface area (Å²) < 4.78 is 12.3. The largest absolute Gasteiger partial charge is 0.478 e. The Hall–Kier alpha value is -2.80. The Bertz CT molecular complexity index is 642. The van der Waals surface area contributed by atoms with E-state index in [9.17, 15) is 9.18 Å². The van der Waals surface area contributed by atoms with Crippen LogP contribution in [0.2, 0.25) is 0 Å². The van der Waals surface area contributed by atoms with Crippen molar-refractivity contribution >= 4 is 11.7 Å². The first-order valence-corrected chi connectivity index (χ1v) is 5.96. The number of rotatable bonds is 4. The van der Waals surface area contributed by atoms with Crippen LogP contribution in [0.4, 0.5) is 10.1 Å². The molecule has 1 unspecified atom stereocenters. The highest BCUT2D eigenvalue weighted by Gasteiger charge is 2.08. The Kier molecular flexibility index (Phi) is 4.35. The number of carboxylic acids is 1. The number of nitrogens with one attached hydrogen (secondary N) is 1. The number of carboxylic acid groups (broad SMARTS) is 1. The molecule has 0 saturated heterocycles. The Morgan fingerprint density at radius 3 is 2.30 bits per heavy atom. The van der Waals surface area contributed by atoms with E-state index < -0.39 is 12.0 Å². The molecule has 0 aromatic heterocycles. The van der Waals surface area contributed by atoms with Crippen LogP contribution in [-0.4, -0.2) is 11.1 Å². The van der Waals surface area contributed by atoms with Crippen molar-refractivity contribution in [3.63, 3.8) is 0 Å². The topological polar surface area (TPSA) is 49.3 Å². The van der Waals surface area contributed by atoms with Gasteiger partial charge < -0.3 is 10.4 Å². The highest BCUT2D eigenvalue weighted by Crippen LogP contribution is 2.19. The molecule has 2 aromatic rings. The van der Waals surface area contributed by atoms with Crippen molar-refractivity contribution in [2.75, 3.05) is 5.32 Å². The fraction of sp³-hybridized carbons (Fsp3) is 0.0625. The summed E-state index contributed by atoms with van der Waals surface area (Å²) in [5.74, 6) is 1.45. The number of aromatic carboxylic acids is 1. The molecule has 0 spiro atoms. The van der Waals surface area contributed by atoms with Crippen LogP contribution in [0.1, 0.15) is 22.0 Å². The van der Waals surface area contributed by atoms with Crippen molar-refractivity contribution in [1.82, 2.24) is 0 Å². The predicted octanol–water partition coefficient (Wildman–Crippen LogP) is 3.47. The molecule has 20 heavy (non-hydrogen) atoms. The van der Waals surface area contributed by atoms with Gasteiger partial charge in [0, 0.05) is 5.69 Å². The Morgan fingerprint density at radius 2 is 1.75 bits per heavy atom. The summed E-state index contributed by atoms with van der Waals surface area (Å²) in [5.41, 5.74) is 1.70. The van der Waals surface area contributed by atoms with Crippen molar-refractivity contribution in [2.24, 2.45) is 0 Å². The third kappa shape index (κ3) is 3.36. The summed E-state index contributed by atoms with van der Waals surface area (Å²) in [5, 5.41) is 11.9. The van der Waals surface area contributed by atoms with E-state index in [-0.39, 0.29) is 5.56 Å². The van der Waals surface area contributed by atoms with Gasteiger partial charge in [0.2, 0.25) is 0 Å². The predicted molar refractivity (Wildman–Crippen MR) is 75.1 cm³/mol. The minimum atomic E-state index is -0.986. The van der Waals surface area contributed by atoms with Gasteiger partial charge in [-0.2, -0.15) is 0 Å². The normalized spacial score (nSPS) is 11.1. The van der Waals surface area contributed by atoms with E-state index in [1.165, 1.54) is 18.3 Å². The van der Waals surface area contributed by atoms with Crippen LogP contribution in [0.25, 0.3) is 0 Å². The Labute approximate surface area is 116 Å². The molecule has 0 bridgehead atoms. The number of anilines is 1. The maximum absolute atomic E-state index is 12.3. The van der Waals surface area contributed by atoms with E-state index >= 15 is 0 Å². The van der Waals surface area contributed by atoms with E-state index in [1.807, 2.05) is 30.3 Å². The summed E-state index contributed by atoms with van der Waals surface area (Å²) in [6.07, 6.45) is 1.41. The fourth-order valence-electron chi connectivity index (χ4n) is 1.78. The highest BCUT2D eigenvalue weighted by molar-refractivity contribution is 5.88. The van der Waals surface area contributed by atoms with Gasteiger partial charge in [-0.05, 0) is 35.7 Å². The van der Waals surface area contributed by atoms with Gasteiger partial charge in [-0.15, -0.1) is 4.39 Å². The average Bonchev–Trinajstić information content (AvgIpc) is 2.48. The highest BCUT2D eigenvalue weighted by atomic mass is 19.1. The van der Waals surface area contributed by atoms with E-state index in [0.717, 1.165) is 5.56 Å². The number of halogens is 1. The molecule has 2 N–H and O–H groups in total. The van der Waals surface area contributed by atoms with Crippen LogP contribution < -0.4 is 5.32 Å². The third-order valence-electron chi connectivity index (χ3n) is 2.77.